The van der Waals surface area contributed by atoms with Crippen molar-refractivity contribution in [2.75, 3.05) is 4.72 Å². The minimum absolute atomic E-state index is 0.133. The molecule has 1 aromatic carbocycles. The minimum atomic E-state index is -3.62. The van der Waals surface area contributed by atoms with Crippen LogP contribution in [-0.4, -0.2) is 23.8 Å². The number of anilines is 1. The first-order chi connectivity index (χ1) is 7.18. The molecule has 1 aromatic heterocycles. The fourth-order valence-corrected chi connectivity index (χ4v) is 1.94. The van der Waals surface area contributed by atoms with Crippen molar-refractivity contribution < 1.29 is 8.42 Å². The zero-order valence-corrected chi connectivity index (χ0v) is 8.40. The normalized spacial score (nSPS) is 11.2. The Labute approximate surface area is 86.4 Å². The minimum Gasteiger partial charge on any atom is -0.278 e. The highest BCUT2D eigenvalue weighted by Gasteiger charge is 2.16. The van der Waals surface area contributed by atoms with Gasteiger partial charge in [-0.05, 0) is 12.1 Å². The molecule has 0 aliphatic heterocycles. The summed E-state index contributed by atoms with van der Waals surface area (Å²) >= 11 is 0. The van der Waals surface area contributed by atoms with Crippen LogP contribution in [0.4, 0.5) is 5.69 Å². The lowest BCUT2D eigenvalue weighted by Gasteiger charge is -2.03. The van der Waals surface area contributed by atoms with Crippen molar-refractivity contribution in [2.45, 2.75) is 5.03 Å². The first kappa shape index (κ1) is 9.66. The van der Waals surface area contributed by atoms with Crippen molar-refractivity contribution in [1.29, 1.82) is 0 Å². The van der Waals surface area contributed by atoms with E-state index in [1.165, 1.54) is 0 Å². The molecule has 6 nitrogen and oxygen atoms in total. The number of para-hydroxylation sites is 1. The van der Waals surface area contributed by atoms with E-state index in [2.05, 4.69) is 20.1 Å². The van der Waals surface area contributed by atoms with E-state index in [0.29, 0.717) is 5.69 Å². The SMILES string of the molecule is O=S(=O)(Nc1ccccc1)c1cn[nH]n1. The predicted octanol–water partition coefficient (Wildman–Crippen LogP) is 0.605. The van der Waals surface area contributed by atoms with Crippen LogP contribution in [0, 0.1) is 0 Å². The summed E-state index contributed by atoms with van der Waals surface area (Å²) in [6, 6.07) is 8.57. The molecule has 0 radical (unpaired) electrons. The Morgan fingerprint density at radius 2 is 1.93 bits per heavy atom. The quantitative estimate of drug-likeness (QED) is 0.799. The van der Waals surface area contributed by atoms with Gasteiger partial charge in [-0.15, -0.1) is 5.10 Å². The van der Waals surface area contributed by atoms with Gasteiger partial charge >= 0.3 is 0 Å². The highest BCUT2D eigenvalue weighted by molar-refractivity contribution is 7.92. The van der Waals surface area contributed by atoms with E-state index in [1.54, 1.807) is 30.3 Å². The fourth-order valence-electron chi connectivity index (χ4n) is 1.03. The number of benzene rings is 1. The standard InChI is InChI=1S/C8H8N4O2S/c13-15(14,8-6-9-12-10-8)11-7-4-2-1-3-5-7/h1-6,11H,(H,9,10,12). The maximum atomic E-state index is 11.6. The second-order valence-electron chi connectivity index (χ2n) is 2.78. The first-order valence-corrected chi connectivity index (χ1v) is 5.60. The van der Waals surface area contributed by atoms with Crippen LogP contribution in [-0.2, 0) is 10.0 Å². The van der Waals surface area contributed by atoms with E-state index >= 15 is 0 Å². The van der Waals surface area contributed by atoms with Crippen LogP contribution < -0.4 is 4.72 Å². The second kappa shape index (κ2) is 3.70. The largest absolute Gasteiger partial charge is 0.282 e. The Hall–Kier alpha value is -1.89. The lowest BCUT2D eigenvalue weighted by Crippen LogP contribution is -2.13. The number of rotatable bonds is 3. The van der Waals surface area contributed by atoms with Gasteiger partial charge < -0.3 is 0 Å². The first-order valence-electron chi connectivity index (χ1n) is 4.12. The predicted molar refractivity (Wildman–Crippen MR) is 53.6 cm³/mol. The van der Waals surface area contributed by atoms with Crippen molar-refractivity contribution in [3.63, 3.8) is 0 Å². The highest BCUT2D eigenvalue weighted by atomic mass is 32.2. The molecule has 78 valence electrons. The molecule has 0 aliphatic rings. The third kappa shape index (κ3) is 2.13. The third-order valence-corrected chi connectivity index (χ3v) is 2.95. The van der Waals surface area contributed by atoms with Gasteiger partial charge in [-0.1, -0.05) is 18.2 Å². The number of hydrogen-bond acceptors (Lipinski definition) is 4. The van der Waals surface area contributed by atoms with Gasteiger partial charge in [0.1, 0.15) is 0 Å². The zero-order chi connectivity index (χ0) is 10.7. The van der Waals surface area contributed by atoms with E-state index in [-0.39, 0.29) is 5.03 Å². The number of H-pyrrole nitrogens is 1. The monoisotopic (exact) mass is 224 g/mol. The van der Waals surface area contributed by atoms with Gasteiger partial charge in [0.15, 0.2) is 0 Å². The summed E-state index contributed by atoms with van der Waals surface area (Å²) in [5.74, 6) is 0. The number of nitrogens with one attached hydrogen (secondary N) is 2. The van der Waals surface area contributed by atoms with Crippen molar-refractivity contribution in [3.8, 4) is 0 Å². The van der Waals surface area contributed by atoms with Crippen LogP contribution in [0.3, 0.4) is 0 Å². The van der Waals surface area contributed by atoms with Crippen molar-refractivity contribution in [1.82, 2.24) is 15.4 Å². The molecule has 2 rings (SSSR count). The molecule has 0 unspecified atom stereocenters. The highest BCUT2D eigenvalue weighted by Crippen LogP contribution is 2.11. The summed E-state index contributed by atoms with van der Waals surface area (Å²) < 4.78 is 25.6. The van der Waals surface area contributed by atoms with Crippen molar-refractivity contribution in [2.24, 2.45) is 0 Å². The van der Waals surface area contributed by atoms with Crippen molar-refractivity contribution in [3.05, 3.63) is 36.5 Å². The molecule has 15 heavy (non-hydrogen) atoms. The third-order valence-electron chi connectivity index (χ3n) is 1.69. The molecule has 1 heterocycles. The van der Waals surface area contributed by atoms with Crippen LogP contribution in [0.15, 0.2) is 41.6 Å². The Bertz CT molecular complexity index is 521. The number of hydrogen-bond donors (Lipinski definition) is 2. The summed E-state index contributed by atoms with van der Waals surface area (Å²) in [5, 5.41) is 9.04. The van der Waals surface area contributed by atoms with Crippen LogP contribution in [0.2, 0.25) is 0 Å². The van der Waals surface area contributed by atoms with Gasteiger partial charge in [-0.2, -0.15) is 18.7 Å². The van der Waals surface area contributed by atoms with E-state index in [9.17, 15) is 8.42 Å². The van der Waals surface area contributed by atoms with Gasteiger partial charge in [-0.25, -0.2) is 0 Å². The molecule has 0 bridgehead atoms. The van der Waals surface area contributed by atoms with Gasteiger partial charge in [0.05, 0.1) is 6.20 Å². The molecule has 0 spiro atoms. The number of sulfonamides is 1. The molecule has 0 saturated heterocycles. The van der Waals surface area contributed by atoms with Gasteiger partial charge in [0.25, 0.3) is 10.0 Å². The van der Waals surface area contributed by atoms with Crippen LogP contribution >= 0.6 is 0 Å². The maximum absolute atomic E-state index is 11.6. The Balaban J connectivity index is 2.27. The Kier molecular flexibility index (Phi) is 2.38. The molecule has 7 heteroatoms. The van der Waals surface area contributed by atoms with Crippen LogP contribution in [0.5, 0.6) is 0 Å². The molecule has 0 amide bonds. The molecule has 0 saturated carbocycles. The van der Waals surface area contributed by atoms with Gasteiger partial charge in [0, 0.05) is 5.69 Å². The molecule has 2 N–H and O–H groups in total. The summed E-state index contributed by atoms with van der Waals surface area (Å²) in [6.07, 6.45) is 1.14. The maximum Gasteiger partial charge on any atom is 0.282 e. The number of aromatic amines is 1. The van der Waals surface area contributed by atoms with Gasteiger partial charge in [0.2, 0.25) is 5.03 Å². The molecule has 0 aliphatic carbocycles. The van der Waals surface area contributed by atoms with E-state index in [0.717, 1.165) is 6.20 Å². The molecule has 0 atom stereocenters. The molecular formula is C8H8N4O2S. The smallest absolute Gasteiger partial charge is 0.278 e. The van der Waals surface area contributed by atoms with E-state index < -0.39 is 10.0 Å². The molecular weight excluding hydrogens is 216 g/mol. The van der Waals surface area contributed by atoms with Gasteiger partial charge in [-0.3, -0.25) is 4.72 Å². The fraction of sp³-hybridized carbons (Fsp3) is 0. The summed E-state index contributed by atoms with van der Waals surface area (Å²) in [5.41, 5.74) is 0.487. The average molecular weight is 224 g/mol. The summed E-state index contributed by atoms with van der Waals surface area (Å²) in [7, 11) is -3.62. The lowest BCUT2D eigenvalue weighted by molar-refractivity contribution is 0.597. The van der Waals surface area contributed by atoms with E-state index in [1.807, 2.05) is 0 Å². The molecule has 2 aromatic rings. The molecule has 0 fully saturated rings. The zero-order valence-electron chi connectivity index (χ0n) is 7.58. The number of nitrogens with zero attached hydrogens (tertiary/aromatic N) is 2. The summed E-state index contributed by atoms with van der Waals surface area (Å²) in [6.45, 7) is 0. The second-order valence-corrected chi connectivity index (χ2v) is 4.41. The van der Waals surface area contributed by atoms with E-state index in [4.69, 9.17) is 0 Å². The van der Waals surface area contributed by atoms with Crippen molar-refractivity contribution >= 4 is 15.7 Å². The Morgan fingerprint density at radius 3 is 2.53 bits per heavy atom. The topological polar surface area (TPSA) is 87.7 Å². The number of aromatic nitrogens is 3. The van der Waals surface area contributed by atoms with Crippen LogP contribution in [0.25, 0.3) is 0 Å². The van der Waals surface area contributed by atoms with Crippen LogP contribution in [0.1, 0.15) is 0 Å². The average Bonchev–Trinajstić information content (AvgIpc) is 2.71. The Morgan fingerprint density at radius 1 is 1.20 bits per heavy atom. The lowest BCUT2D eigenvalue weighted by atomic mass is 10.3. The summed E-state index contributed by atoms with van der Waals surface area (Å²) in [4.78, 5) is 0.